The highest BCUT2D eigenvalue weighted by Gasteiger charge is 2.10. The molecule has 0 fully saturated rings. The van der Waals surface area contributed by atoms with E-state index in [1.165, 1.54) is 23.0 Å². The van der Waals surface area contributed by atoms with Crippen molar-refractivity contribution in [3.63, 3.8) is 0 Å². The van der Waals surface area contributed by atoms with E-state index in [1.807, 2.05) is 42.6 Å². The smallest absolute Gasteiger partial charge is 0.250 e. The first-order valence-corrected chi connectivity index (χ1v) is 12.3. The number of aromatic nitrogens is 1. The van der Waals surface area contributed by atoms with E-state index in [2.05, 4.69) is 10.3 Å². The van der Waals surface area contributed by atoms with Crippen LogP contribution < -0.4 is 14.8 Å². The Labute approximate surface area is 218 Å². The molecule has 0 radical (unpaired) electrons. The number of anilines is 1. The first-order valence-electron chi connectivity index (χ1n) is 10.7. The number of amides is 1. The van der Waals surface area contributed by atoms with Gasteiger partial charge in [-0.15, -0.1) is 11.3 Å². The molecule has 1 heterocycles. The van der Waals surface area contributed by atoms with Crippen LogP contribution in [0, 0.1) is 6.92 Å². The first-order chi connectivity index (χ1) is 16.9. The molecule has 1 amide bonds. The van der Waals surface area contributed by atoms with Gasteiger partial charge in [0.25, 0.3) is 0 Å². The lowest BCUT2D eigenvalue weighted by atomic mass is 10.1. The number of halogens is 2. The van der Waals surface area contributed by atoms with Crippen LogP contribution in [0.1, 0.15) is 16.7 Å². The molecule has 3 aromatic carbocycles. The molecule has 5 nitrogen and oxygen atoms in total. The Morgan fingerprint density at radius 2 is 1.80 bits per heavy atom. The molecule has 0 aliphatic carbocycles. The number of thiazole rings is 1. The maximum atomic E-state index is 12.4. The van der Waals surface area contributed by atoms with Crippen molar-refractivity contribution < 1.29 is 14.3 Å². The van der Waals surface area contributed by atoms with E-state index in [9.17, 15) is 4.79 Å². The summed E-state index contributed by atoms with van der Waals surface area (Å²) in [6.07, 6.45) is 3.15. The quantitative estimate of drug-likeness (QED) is 0.240. The summed E-state index contributed by atoms with van der Waals surface area (Å²) in [4.78, 5) is 16.9. The number of benzene rings is 3. The molecule has 4 aromatic rings. The van der Waals surface area contributed by atoms with Crippen LogP contribution in [0.2, 0.25) is 10.0 Å². The summed E-state index contributed by atoms with van der Waals surface area (Å²) in [6, 6.07) is 18.8. The molecular weight excluding hydrogens is 503 g/mol. The van der Waals surface area contributed by atoms with Crippen molar-refractivity contribution in [2.75, 3.05) is 12.4 Å². The van der Waals surface area contributed by atoms with Crippen LogP contribution in [0.5, 0.6) is 11.5 Å². The minimum absolute atomic E-state index is 0.199. The largest absolute Gasteiger partial charge is 0.493 e. The first kappa shape index (κ1) is 24.8. The molecule has 178 valence electrons. The molecule has 0 bridgehead atoms. The number of carbonyl (C=O) groups is 1. The van der Waals surface area contributed by atoms with Crippen molar-refractivity contribution in [2.24, 2.45) is 0 Å². The van der Waals surface area contributed by atoms with Crippen molar-refractivity contribution in [1.82, 2.24) is 4.98 Å². The van der Waals surface area contributed by atoms with Crippen LogP contribution in [0.3, 0.4) is 0 Å². The zero-order valence-corrected chi connectivity index (χ0v) is 21.4. The van der Waals surface area contributed by atoms with Crippen LogP contribution in [0.15, 0.2) is 72.1 Å². The number of hydrogen-bond donors (Lipinski definition) is 1. The number of ether oxygens (including phenoxy) is 2. The molecule has 4 rings (SSSR count). The van der Waals surface area contributed by atoms with Crippen molar-refractivity contribution in [2.45, 2.75) is 13.5 Å². The average Bonchev–Trinajstić information content (AvgIpc) is 3.31. The van der Waals surface area contributed by atoms with Crippen molar-refractivity contribution in [3.8, 4) is 22.8 Å². The second kappa shape index (κ2) is 11.4. The molecule has 0 aliphatic heterocycles. The van der Waals surface area contributed by atoms with Crippen LogP contribution in [-0.4, -0.2) is 18.0 Å². The Kier molecular flexibility index (Phi) is 8.08. The van der Waals surface area contributed by atoms with Gasteiger partial charge in [-0.3, -0.25) is 10.1 Å². The zero-order valence-electron chi connectivity index (χ0n) is 19.0. The average molecular weight is 525 g/mol. The van der Waals surface area contributed by atoms with Crippen molar-refractivity contribution in [1.29, 1.82) is 0 Å². The Morgan fingerprint density at radius 3 is 2.51 bits per heavy atom. The van der Waals surface area contributed by atoms with Crippen molar-refractivity contribution >= 4 is 51.7 Å². The fraction of sp³-hybridized carbons (Fsp3) is 0.111. The number of nitrogens with zero attached hydrogens (tertiary/aromatic N) is 1. The lowest BCUT2D eigenvalue weighted by molar-refractivity contribution is -0.111. The molecule has 0 saturated heterocycles. The van der Waals surface area contributed by atoms with Crippen LogP contribution in [0.25, 0.3) is 17.3 Å². The summed E-state index contributed by atoms with van der Waals surface area (Å²) in [6.45, 7) is 2.24. The highest BCUT2D eigenvalue weighted by molar-refractivity contribution is 7.14. The summed E-state index contributed by atoms with van der Waals surface area (Å²) in [5.41, 5.74) is 4.50. The topological polar surface area (TPSA) is 60.5 Å². The van der Waals surface area contributed by atoms with E-state index in [0.29, 0.717) is 32.2 Å². The van der Waals surface area contributed by atoms with Gasteiger partial charge in [-0.05, 0) is 42.8 Å². The van der Waals surface area contributed by atoms with Gasteiger partial charge >= 0.3 is 0 Å². The van der Waals surface area contributed by atoms with E-state index < -0.39 is 0 Å². The zero-order chi connectivity index (χ0) is 24.8. The van der Waals surface area contributed by atoms with E-state index >= 15 is 0 Å². The summed E-state index contributed by atoms with van der Waals surface area (Å²) in [7, 11) is 1.55. The second-order valence-corrected chi connectivity index (χ2v) is 9.30. The fourth-order valence-corrected chi connectivity index (χ4v) is 4.46. The van der Waals surface area contributed by atoms with E-state index in [4.69, 9.17) is 32.7 Å². The molecule has 8 heteroatoms. The number of carbonyl (C=O) groups excluding carboxylic acids is 1. The summed E-state index contributed by atoms with van der Waals surface area (Å²) in [5.74, 6) is 0.789. The Hall–Kier alpha value is -3.32. The Bertz CT molecular complexity index is 1350. The fourth-order valence-electron chi connectivity index (χ4n) is 3.23. The predicted molar refractivity (Wildman–Crippen MR) is 144 cm³/mol. The molecule has 0 unspecified atom stereocenters. The lowest BCUT2D eigenvalue weighted by Crippen LogP contribution is -2.07. The van der Waals surface area contributed by atoms with E-state index in [-0.39, 0.29) is 12.5 Å². The van der Waals surface area contributed by atoms with E-state index in [0.717, 1.165) is 16.8 Å². The monoisotopic (exact) mass is 524 g/mol. The van der Waals surface area contributed by atoms with Gasteiger partial charge in [0.15, 0.2) is 16.6 Å². The number of rotatable bonds is 8. The maximum absolute atomic E-state index is 12.4. The SMILES string of the molecule is COc1cc(/C=C/C(=O)Nc2nc(-c3ccc(C)cc3)cs2)ccc1OCc1c(Cl)cccc1Cl. The Balaban J connectivity index is 1.39. The van der Waals surface area contributed by atoms with Gasteiger partial charge < -0.3 is 9.47 Å². The van der Waals surface area contributed by atoms with E-state index in [1.54, 1.807) is 43.5 Å². The molecule has 1 aromatic heterocycles. The van der Waals surface area contributed by atoms with Crippen molar-refractivity contribution in [3.05, 3.63) is 98.9 Å². The van der Waals surface area contributed by atoms with Gasteiger partial charge in [0, 0.05) is 32.6 Å². The lowest BCUT2D eigenvalue weighted by Gasteiger charge is -2.13. The van der Waals surface area contributed by atoms with Gasteiger partial charge in [0.05, 0.1) is 12.8 Å². The van der Waals surface area contributed by atoms with Crippen LogP contribution in [0.4, 0.5) is 5.13 Å². The number of hydrogen-bond acceptors (Lipinski definition) is 5. The number of aryl methyl sites for hydroxylation is 1. The molecule has 0 aliphatic rings. The third-order valence-corrected chi connectivity index (χ3v) is 6.60. The van der Waals surface area contributed by atoms with Gasteiger partial charge in [-0.2, -0.15) is 0 Å². The van der Waals surface area contributed by atoms with Gasteiger partial charge in [-0.1, -0.05) is 65.2 Å². The predicted octanol–water partition coefficient (Wildman–Crippen LogP) is 7.66. The maximum Gasteiger partial charge on any atom is 0.250 e. The highest BCUT2D eigenvalue weighted by Crippen LogP contribution is 2.32. The summed E-state index contributed by atoms with van der Waals surface area (Å²) in [5, 5.41) is 6.33. The second-order valence-electron chi connectivity index (χ2n) is 7.63. The summed E-state index contributed by atoms with van der Waals surface area (Å²) >= 11 is 13.8. The van der Waals surface area contributed by atoms with Crippen LogP contribution in [-0.2, 0) is 11.4 Å². The molecule has 1 N–H and O–H groups in total. The standard InChI is InChI=1S/C27H22Cl2N2O3S/c1-17-6-10-19(11-7-17)23-16-35-27(30-23)31-26(32)13-9-18-8-12-24(25(14-18)33-2)34-15-20-21(28)4-3-5-22(20)29/h3-14,16H,15H2,1-2H3,(H,30,31,32)/b13-9+. The third kappa shape index (κ3) is 6.42. The molecular formula is C27H22Cl2N2O3S. The minimum atomic E-state index is -0.275. The van der Waals surface area contributed by atoms with Gasteiger partial charge in [0.1, 0.15) is 6.61 Å². The van der Waals surface area contributed by atoms with Crippen LogP contribution >= 0.6 is 34.5 Å². The normalized spacial score (nSPS) is 11.0. The Morgan fingerprint density at radius 1 is 1.06 bits per heavy atom. The highest BCUT2D eigenvalue weighted by atomic mass is 35.5. The third-order valence-electron chi connectivity index (χ3n) is 5.13. The van der Waals surface area contributed by atoms with Gasteiger partial charge in [0.2, 0.25) is 5.91 Å². The minimum Gasteiger partial charge on any atom is -0.493 e. The molecule has 0 spiro atoms. The number of methoxy groups -OCH3 is 1. The van der Waals surface area contributed by atoms with Gasteiger partial charge in [-0.25, -0.2) is 4.98 Å². The molecule has 35 heavy (non-hydrogen) atoms. The molecule has 0 saturated carbocycles. The molecule has 0 atom stereocenters. The summed E-state index contributed by atoms with van der Waals surface area (Å²) < 4.78 is 11.3. The number of nitrogens with one attached hydrogen (secondary N) is 1.